The lowest BCUT2D eigenvalue weighted by molar-refractivity contribution is 0.0339. The standard InChI is InChI=1S/C35H37N5O6/c1-36(2)11-13-39-32(42)25-8-9-26-31-29(35(45)40(33(26)43)14-12-37(3)4)23(20-27(30(25)31)34(39)44)7-5-22-6-10-28(41)24(19-22)21-38-15-17-46-18-16-38/h6,8-10,19-20,41H,11-18,21H2,1-4H3. The summed E-state index contributed by atoms with van der Waals surface area (Å²) < 4.78 is 5.44. The van der Waals surface area contributed by atoms with Gasteiger partial charge in [0.25, 0.3) is 23.6 Å². The number of imide groups is 2. The van der Waals surface area contributed by atoms with Gasteiger partial charge in [-0.05, 0) is 64.6 Å². The normalized spacial score (nSPS) is 16.6. The first-order valence-corrected chi connectivity index (χ1v) is 15.3. The Labute approximate surface area is 267 Å². The number of nitrogens with zero attached hydrogens (tertiary/aromatic N) is 5. The van der Waals surface area contributed by atoms with Crippen molar-refractivity contribution in [3.63, 3.8) is 0 Å². The molecule has 4 amide bonds. The maximum absolute atomic E-state index is 14.1. The van der Waals surface area contributed by atoms with Crippen LogP contribution in [0, 0.1) is 11.8 Å². The first kappa shape index (κ1) is 31.4. The van der Waals surface area contributed by atoms with Gasteiger partial charge in [-0.15, -0.1) is 0 Å². The van der Waals surface area contributed by atoms with Crippen molar-refractivity contribution in [1.29, 1.82) is 0 Å². The molecule has 0 atom stereocenters. The van der Waals surface area contributed by atoms with Crippen molar-refractivity contribution >= 4 is 34.4 Å². The second-order valence-corrected chi connectivity index (χ2v) is 12.4. The molecule has 0 aromatic heterocycles. The lowest BCUT2D eigenvalue weighted by Crippen LogP contribution is -2.46. The van der Waals surface area contributed by atoms with Gasteiger partial charge in [0.2, 0.25) is 0 Å². The van der Waals surface area contributed by atoms with E-state index < -0.39 is 23.6 Å². The first-order valence-electron chi connectivity index (χ1n) is 15.3. The van der Waals surface area contributed by atoms with E-state index in [-0.39, 0.29) is 41.1 Å². The number of amides is 4. The molecule has 11 heteroatoms. The topological polar surface area (TPSA) is 114 Å². The number of phenols is 1. The number of phenolic OH excluding ortho intramolecular Hbond substituents is 1. The summed E-state index contributed by atoms with van der Waals surface area (Å²) in [6.07, 6.45) is 0. The zero-order chi connectivity index (χ0) is 32.7. The van der Waals surface area contributed by atoms with Crippen LogP contribution in [0.2, 0.25) is 0 Å². The molecule has 6 rings (SSSR count). The largest absolute Gasteiger partial charge is 0.508 e. The van der Waals surface area contributed by atoms with Crippen LogP contribution >= 0.6 is 0 Å². The molecule has 0 bridgehead atoms. The molecule has 0 saturated carbocycles. The van der Waals surface area contributed by atoms with E-state index in [1.165, 1.54) is 9.80 Å². The van der Waals surface area contributed by atoms with E-state index in [0.717, 1.165) is 18.7 Å². The Kier molecular flexibility index (Phi) is 8.63. The van der Waals surface area contributed by atoms with Crippen LogP contribution in [0.5, 0.6) is 5.75 Å². The monoisotopic (exact) mass is 623 g/mol. The van der Waals surface area contributed by atoms with Gasteiger partial charge in [0.1, 0.15) is 5.75 Å². The number of hydrogen-bond acceptors (Lipinski definition) is 9. The van der Waals surface area contributed by atoms with Crippen LogP contribution in [0.25, 0.3) is 10.8 Å². The van der Waals surface area contributed by atoms with Gasteiger partial charge in [-0.25, -0.2) is 0 Å². The molecule has 0 aliphatic carbocycles. The van der Waals surface area contributed by atoms with E-state index in [1.54, 1.807) is 30.3 Å². The molecule has 3 aromatic carbocycles. The summed E-state index contributed by atoms with van der Waals surface area (Å²) in [5.74, 6) is 4.51. The molecule has 11 nitrogen and oxygen atoms in total. The Balaban J connectivity index is 1.49. The summed E-state index contributed by atoms with van der Waals surface area (Å²) in [4.78, 5) is 63.7. The second kappa shape index (κ2) is 12.7. The van der Waals surface area contributed by atoms with Gasteiger partial charge in [0.05, 0.1) is 18.8 Å². The summed E-state index contributed by atoms with van der Waals surface area (Å²) in [5.41, 5.74) is 2.62. The highest BCUT2D eigenvalue weighted by Gasteiger charge is 2.41. The number of carbonyl (C=O) groups is 4. The molecule has 3 aromatic rings. The number of rotatable bonds is 8. The van der Waals surface area contributed by atoms with E-state index in [9.17, 15) is 24.3 Å². The first-order chi connectivity index (χ1) is 22.0. The summed E-state index contributed by atoms with van der Waals surface area (Å²) >= 11 is 0. The molecule has 0 unspecified atom stereocenters. The van der Waals surface area contributed by atoms with Crippen molar-refractivity contribution in [3.05, 3.63) is 75.3 Å². The number of aromatic hydroxyl groups is 1. The van der Waals surface area contributed by atoms with Crippen LogP contribution in [0.1, 0.15) is 58.1 Å². The molecule has 1 saturated heterocycles. The Morgan fingerprint density at radius 1 is 0.739 bits per heavy atom. The Morgan fingerprint density at radius 3 is 1.96 bits per heavy atom. The molecule has 3 heterocycles. The van der Waals surface area contributed by atoms with Gasteiger partial charge < -0.3 is 19.6 Å². The predicted molar refractivity (Wildman–Crippen MR) is 172 cm³/mol. The minimum absolute atomic E-state index is 0.165. The smallest absolute Gasteiger partial charge is 0.262 e. The van der Waals surface area contributed by atoms with Crippen molar-refractivity contribution in [2.24, 2.45) is 0 Å². The van der Waals surface area contributed by atoms with Crippen molar-refractivity contribution in [1.82, 2.24) is 24.5 Å². The van der Waals surface area contributed by atoms with Crippen molar-refractivity contribution < 1.29 is 29.0 Å². The number of hydrogen-bond donors (Lipinski definition) is 1. The van der Waals surface area contributed by atoms with E-state index in [0.29, 0.717) is 54.7 Å². The third kappa shape index (κ3) is 5.76. The average Bonchev–Trinajstić information content (AvgIpc) is 3.03. The highest BCUT2D eigenvalue weighted by Crippen LogP contribution is 2.39. The lowest BCUT2D eigenvalue weighted by Gasteiger charge is -2.33. The van der Waals surface area contributed by atoms with Gasteiger partial charge in [-0.2, -0.15) is 0 Å². The van der Waals surface area contributed by atoms with Gasteiger partial charge in [-0.1, -0.05) is 11.8 Å². The Hall–Kier alpha value is -4.60. The maximum atomic E-state index is 14.1. The fourth-order valence-corrected chi connectivity index (χ4v) is 6.10. The minimum atomic E-state index is -0.513. The fourth-order valence-electron chi connectivity index (χ4n) is 6.10. The average molecular weight is 624 g/mol. The van der Waals surface area contributed by atoms with Crippen LogP contribution in [0.15, 0.2) is 36.4 Å². The summed E-state index contributed by atoms with van der Waals surface area (Å²) in [5, 5.41) is 11.2. The molecule has 1 N–H and O–H groups in total. The molecule has 238 valence electrons. The highest BCUT2D eigenvalue weighted by atomic mass is 16.5. The van der Waals surface area contributed by atoms with Crippen molar-refractivity contribution in [3.8, 4) is 17.6 Å². The number of ether oxygens (including phenoxy) is 1. The van der Waals surface area contributed by atoms with Crippen LogP contribution in [-0.2, 0) is 11.3 Å². The number of carbonyl (C=O) groups excluding carboxylic acids is 4. The van der Waals surface area contributed by atoms with E-state index in [2.05, 4.69) is 16.7 Å². The van der Waals surface area contributed by atoms with Gasteiger partial charge >= 0.3 is 0 Å². The van der Waals surface area contributed by atoms with Crippen LogP contribution in [-0.4, -0.2) is 134 Å². The summed E-state index contributed by atoms with van der Waals surface area (Å²) in [6, 6.07) is 9.87. The molecular formula is C35H37N5O6. The predicted octanol–water partition coefficient (Wildman–Crippen LogP) is 2.09. The van der Waals surface area contributed by atoms with Gasteiger partial charge in [0.15, 0.2) is 0 Å². The summed E-state index contributed by atoms with van der Waals surface area (Å²) in [7, 11) is 7.44. The molecule has 0 spiro atoms. The Morgan fingerprint density at radius 2 is 1.33 bits per heavy atom. The molecule has 3 aliphatic rings. The van der Waals surface area contributed by atoms with Crippen LogP contribution < -0.4 is 0 Å². The van der Waals surface area contributed by atoms with Crippen molar-refractivity contribution in [2.45, 2.75) is 6.54 Å². The SMILES string of the molecule is CN(C)CCN1C(=O)c2ccc3c4c(c(C#Cc5ccc(O)c(CN6CCOCC6)c5)cc(c24)C1=O)C(=O)N(CCN(C)C)C3=O. The molecule has 3 aliphatic heterocycles. The molecule has 0 radical (unpaired) electrons. The van der Waals surface area contributed by atoms with Gasteiger partial charge in [-0.3, -0.25) is 33.9 Å². The Bertz CT molecular complexity index is 1830. The van der Waals surface area contributed by atoms with Crippen LogP contribution in [0.4, 0.5) is 0 Å². The quantitative estimate of drug-likeness (QED) is 0.298. The lowest BCUT2D eigenvalue weighted by atomic mass is 9.83. The fraction of sp³-hybridized carbons (Fsp3) is 0.371. The number of benzene rings is 3. The maximum Gasteiger partial charge on any atom is 0.262 e. The zero-order valence-electron chi connectivity index (χ0n) is 26.6. The highest BCUT2D eigenvalue weighted by molar-refractivity contribution is 6.34. The minimum Gasteiger partial charge on any atom is -0.508 e. The third-order valence-electron chi connectivity index (χ3n) is 8.63. The molecule has 46 heavy (non-hydrogen) atoms. The van der Waals surface area contributed by atoms with E-state index in [4.69, 9.17) is 4.74 Å². The van der Waals surface area contributed by atoms with E-state index >= 15 is 0 Å². The zero-order valence-corrected chi connectivity index (χ0v) is 26.6. The van der Waals surface area contributed by atoms with Crippen LogP contribution in [0.3, 0.4) is 0 Å². The van der Waals surface area contributed by atoms with Gasteiger partial charge in [0, 0.05) is 90.0 Å². The number of morpholine rings is 1. The number of likely N-dealkylation sites (N-methyl/N-ethyl adjacent to an activating group) is 2. The van der Waals surface area contributed by atoms with Crippen molar-refractivity contribution in [2.75, 3.05) is 80.7 Å². The third-order valence-corrected chi connectivity index (χ3v) is 8.63. The summed E-state index contributed by atoms with van der Waals surface area (Å²) in [6.45, 7) is 4.62. The molecule has 1 fully saturated rings. The molecular weight excluding hydrogens is 586 g/mol. The second-order valence-electron chi connectivity index (χ2n) is 12.4. The van der Waals surface area contributed by atoms with E-state index in [1.807, 2.05) is 44.1 Å².